The monoisotopic (exact) mass is 337 g/mol. The van der Waals surface area contributed by atoms with Gasteiger partial charge in [0.2, 0.25) is 0 Å². The summed E-state index contributed by atoms with van der Waals surface area (Å²) in [6.45, 7) is 2.00. The van der Waals surface area contributed by atoms with E-state index in [-0.39, 0.29) is 11.8 Å². The van der Waals surface area contributed by atoms with Gasteiger partial charge in [-0.3, -0.25) is 4.99 Å². The van der Waals surface area contributed by atoms with Crippen LogP contribution in [-0.2, 0) is 0 Å². The molecule has 0 bridgehead atoms. The van der Waals surface area contributed by atoms with Crippen LogP contribution in [0, 0.1) is 0 Å². The Morgan fingerprint density at radius 2 is 1.95 bits per heavy atom. The molecule has 19 heavy (non-hydrogen) atoms. The van der Waals surface area contributed by atoms with E-state index in [1.54, 1.807) is 18.3 Å². The molecule has 0 aliphatic rings. The second-order valence-corrected chi connectivity index (χ2v) is 5.48. The quantitative estimate of drug-likeness (QED) is 0.786. The number of nitrogens with zero attached hydrogens (tertiary/aromatic N) is 1. The highest BCUT2D eigenvalue weighted by Crippen LogP contribution is 2.30. The third kappa shape index (κ3) is 3.58. The smallest absolute Gasteiger partial charge is 0.138 e. The summed E-state index contributed by atoms with van der Waals surface area (Å²) in [5.41, 5.74) is 1.72. The number of benzene rings is 2. The lowest BCUT2D eigenvalue weighted by molar-refractivity contribution is 0.471. The molecular formula is C15H13BrClNO. The summed E-state index contributed by atoms with van der Waals surface area (Å²) in [7, 11) is 0. The van der Waals surface area contributed by atoms with E-state index in [2.05, 4.69) is 20.9 Å². The largest absolute Gasteiger partial charge is 0.506 e. The average molecular weight is 339 g/mol. The molecule has 4 heteroatoms. The number of phenolic OH excluding ortho intramolecular Hbond substituents is 1. The summed E-state index contributed by atoms with van der Waals surface area (Å²) in [6, 6.07) is 13.3. The molecule has 1 N–H and O–H groups in total. The summed E-state index contributed by atoms with van der Waals surface area (Å²) >= 11 is 9.20. The third-order valence-electron chi connectivity index (χ3n) is 2.78. The molecule has 2 nitrogen and oxygen atoms in total. The topological polar surface area (TPSA) is 32.6 Å². The lowest BCUT2D eigenvalue weighted by Gasteiger charge is -2.07. The van der Waals surface area contributed by atoms with Crippen LogP contribution in [-0.4, -0.2) is 11.3 Å². The van der Waals surface area contributed by atoms with Crippen LogP contribution in [0.25, 0.3) is 0 Å². The fourth-order valence-electron chi connectivity index (χ4n) is 1.69. The molecule has 0 aliphatic carbocycles. The number of aliphatic imine (C=N–C) groups is 1. The van der Waals surface area contributed by atoms with Crippen molar-refractivity contribution in [1.82, 2.24) is 0 Å². The molecule has 0 amide bonds. The molecule has 0 aromatic heterocycles. The summed E-state index contributed by atoms with van der Waals surface area (Å²) < 4.78 is 0.564. The second kappa shape index (κ2) is 6.22. The summed E-state index contributed by atoms with van der Waals surface area (Å²) in [5, 5.41) is 10.5. The van der Waals surface area contributed by atoms with Gasteiger partial charge in [-0.2, -0.15) is 0 Å². The van der Waals surface area contributed by atoms with E-state index in [0.29, 0.717) is 15.1 Å². The number of hydrogen-bond donors (Lipinski definition) is 1. The van der Waals surface area contributed by atoms with Gasteiger partial charge in [0, 0.05) is 16.8 Å². The van der Waals surface area contributed by atoms with Crippen LogP contribution < -0.4 is 0 Å². The molecular weight excluding hydrogens is 326 g/mol. The Morgan fingerprint density at radius 1 is 1.26 bits per heavy atom. The van der Waals surface area contributed by atoms with Crippen molar-refractivity contribution in [3.63, 3.8) is 0 Å². The Balaban J connectivity index is 2.24. The molecule has 0 saturated carbocycles. The average Bonchev–Trinajstić information content (AvgIpc) is 2.41. The van der Waals surface area contributed by atoms with Crippen molar-refractivity contribution in [2.24, 2.45) is 4.99 Å². The lowest BCUT2D eigenvalue weighted by atomic mass is 10.1. The molecule has 0 heterocycles. The Hall–Kier alpha value is -1.32. The van der Waals surface area contributed by atoms with Crippen LogP contribution in [0.4, 0.5) is 0 Å². The first-order chi connectivity index (χ1) is 9.08. The van der Waals surface area contributed by atoms with E-state index in [1.807, 2.05) is 37.3 Å². The van der Waals surface area contributed by atoms with Crippen LogP contribution >= 0.6 is 27.5 Å². The fraction of sp³-hybridized carbons (Fsp3) is 0.133. The number of aromatic hydroxyl groups is 1. The first-order valence-electron chi connectivity index (χ1n) is 5.84. The standard InChI is InChI=1S/C15H13BrClNO/c1-10(11-5-3-2-4-6-11)18-9-12-7-13(17)8-14(16)15(12)19/h2-10,19H,1H3/t10-/m0/s1. The number of halogens is 2. The molecule has 2 aromatic carbocycles. The van der Waals surface area contributed by atoms with Crippen LogP contribution in [0.1, 0.15) is 24.1 Å². The van der Waals surface area contributed by atoms with Crippen molar-refractivity contribution >= 4 is 33.7 Å². The van der Waals surface area contributed by atoms with Crippen molar-refractivity contribution in [2.75, 3.05) is 0 Å². The van der Waals surface area contributed by atoms with Gasteiger partial charge in [0.15, 0.2) is 0 Å². The van der Waals surface area contributed by atoms with Crippen LogP contribution in [0.2, 0.25) is 5.02 Å². The normalized spacial score (nSPS) is 12.8. The van der Waals surface area contributed by atoms with Gasteiger partial charge >= 0.3 is 0 Å². The molecule has 2 rings (SSSR count). The van der Waals surface area contributed by atoms with E-state index in [4.69, 9.17) is 11.6 Å². The predicted molar refractivity (Wildman–Crippen MR) is 83.3 cm³/mol. The van der Waals surface area contributed by atoms with Crippen molar-refractivity contribution in [1.29, 1.82) is 0 Å². The maximum atomic E-state index is 9.91. The van der Waals surface area contributed by atoms with Gasteiger partial charge in [-0.15, -0.1) is 0 Å². The number of hydrogen-bond acceptors (Lipinski definition) is 2. The Bertz CT molecular complexity index is 599. The molecule has 0 spiro atoms. The molecule has 0 aliphatic heterocycles. The van der Waals surface area contributed by atoms with Gasteiger partial charge in [0.05, 0.1) is 10.5 Å². The van der Waals surface area contributed by atoms with E-state index in [0.717, 1.165) is 5.56 Å². The number of rotatable bonds is 3. The lowest BCUT2D eigenvalue weighted by Crippen LogP contribution is -1.91. The first-order valence-corrected chi connectivity index (χ1v) is 7.01. The van der Waals surface area contributed by atoms with Gasteiger partial charge in [-0.05, 0) is 40.5 Å². The highest BCUT2D eigenvalue weighted by Gasteiger charge is 2.06. The SMILES string of the molecule is C[C@H](N=Cc1cc(Cl)cc(Br)c1O)c1ccccc1. The fourth-order valence-corrected chi connectivity index (χ4v) is 2.53. The van der Waals surface area contributed by atoms with Crippen LogP contribution in [0.5, 0.6) is 5.75 Å². The van der Waals surface area contributed by atoms with E-state index in [9.17, 15) is 5.11 Å². The number of phenols is 1. The zero-order chi connectivity index (χ0) is 13.8. The van der Waals surface area contributed by atoms with Gasteiger partial charge in [0.25, 0.3) is 0 Å². The second-order valence-electron chi connectivity index (χ2n) is 4.19. The summed E-state index contributed by atoms with van der Waals surface area (Å²) in [4.78, 5) is 4.44. The molecule has 1 atom stereocenters. The maximum Gasteiger partial charge on any atom is 0.138 e. The molecule has 0 radical (unpaired) electrons. The van der Waals surface area contributed by atoms with Gasteiger partial charge in [-0.25, -0.2) is 0 Å². The minimum absolute atomic E-state index is 0.0263. The van der Waals surface area contributed by atoms with Gasteiger partial charge < -0.3 is 5.11 Å². The maximum absolute atomic E-state index is 9.91. The minimum Gasteiger partial charge on any atom is -0.506 e. The Kier molecular flexibility index (Phi) is 4.61. The Morgan fingerprint density at radius 3 is 2.63 bits per heavy atom. The highest BCUT2D eigenvalue weighted by atomic mass is 79.9. The zero-order valence-corrected chi connectivity index (χ0v) is 12.7. The first kappa shape index (κ1) is 14.1. The molecule has 98 valence electrons. The molecule has 2 aromatic rings. The summed E-state index contributed by atoms with van der Waals surface area (Å²) in [6.07, 6.45) is 1.64. The van der Waals surface area contributed by atoms with Gasteiger partial charge in [0.1, 0.15) is 5.75 Å². The van der Waals surface area contributed by atoms with E-state index in [1.165, 1.54) is 0 Å². The molecule has 0 saturated heterocycles. The van der Waals surface area contributed by atoms with Crippen LogP contribution in [0.3, 0.4) is 0 Å². The van der Waals surface area contributed by atoms with Crippen molar-refractivity contribution < 1.29 is 5.11 Å². The van der Waals surface area contributed by atoms with Gasteiger partial charge in [-0.1, -0.05) is 41.9 Å². The van der Waals surface area contributed by atoms with Crippen LogP contribution in [0.15, 0.2) is 51.9 Å². The molecule has 0 unspecified atom stereocenters. The molecule has 0 fully saturated rings. The van der Waals surface area contributed by atoms with E-state index < -0.39 is 0 Å². The Labute approximate surface area is 125 Å². The zero-order valence-electron chi connectivity index (χ0n) is 10.3. The van der Waals surface area contributed by atoms with E-state index >= 15 is 0 Å². The van der Waals surface area contributed by atoms with Crippen molar-refractivity contribution in [3.8, 4) is 5.75 Å². The van der Waals surface area contributed by atoms with Crippen molar-refractivity contribution in [3.05, 3.63) is 63.1 Å². The summed E-state index contributed by atoms with van der Waals surface area (Å²) in [5.74, 6) is 0.147. The highest BCUT2D eigenvalue weighted by molar-refractivity contribution is 9.10. The minimum atomic E-state index is 0.0263. The van der Waals surface area contributed by atoms with Crippen molar-refractivity contribution in [2.45, 2.75) is 13.0 Å². The predicted octanol–water partition coefficient (Wildman–Crippen LogP) is 4.99. The third-order valence-corrected chi connectivity index (χ3v) is 3.60.